The Morgan fingerprint density at radius 3 is 2.37 bits per heavy atom. The summed E-state index contributed by atoms with van der Waals surface area (Å²) in [6, 6.07) is 12.9. The number of para-hydroxylation sites is 1. The van der Waals surface area contributed by atoms with Gasteiger partial charge in [0.15, 0.2) is 5.82 Å². The maximum Gasteiger partial charge on any atom is 0.162 e. The molecule has 2 aromatic heterocycles. The molecule has 5 rings (SSSR count). The summed E-state index contributed by atoms with van der Waals surface area (Å²) in [6.45, 7) is 12.6. The van der Waals surface area contributed by atoms with Crippen LogP contribution >= 0.6 is 11.3 Å². The number of benzene rings is 1. The third-order valence-electron chi connectivity index (χ3n) is 4.90. The van der Waals surface area contributed by atoms with Gasteiger partial charge in [0.05, 0.1) is 11.2 Å². The van der Waals surface area contributed by atoms with Gasteiger partial charge in [-0.1, -0.05) is 59.7 Å². The first kappa shape index (κ1) is 19.4. The fourth-order valence-corrected chi connectivity index (χ4v) is 4.69. The second kappa shape index (κ2) is 7.69. The van der Waals surface area contributed by atoms with E-state index in [0.29, 0.717) is 0 Å². The number of aromatic nitrogens is 2. The molecule has 4 nitrogen and oxygen atoms in total. The lowest BCUT2D eigenvalue weighted by Crippen LogP contribution is -2.46. The fourth-order valence-electron chi connectivity index (χ4n) is 3.94. The predicted molar refractivity (Wildman–Crippen MR) is 117 cm³/mol. The topological polar surface area (TPSA) is 32.3 Å². The molecule has 1 atom stereocenters. The maximum absolute atomic E-state index is 4.60. The van der Waals surface area contributed by atoms with Gasteiger partial charge >= 0.3 is 0 Å². The van der Waals surface area contributed by atoms with Gasteiger partial charge in [0.1, 0.15) is 18.2 Å². The van der Waals surface area contributed by atoms with Gasteiger partial charge in [-0.3, -0.25) is 4.90 Å². The second-order valence-electron chi connectivity index (χ2n) is 6.54. The molecule has 0 N–H and O–H groups in total. The van der Waals surface area contributed by atoms with E-state index in [0.717, 1.165) is 11.5 Å². The highest BCUT2D eigenvalue weighted by atomic mass is 32.1. The molecule has 27 heavy (non-hydrogen) atoms. The van der Waals surface area contributed by atoms with Crippen molar-refractivity contribution in [2.45, 2.75) is 53.1 Å². The van der Waals surface area contributed by atoms with Crippen LogP contribution < -0.4 is 9.80 Å². The van der Waals surface area contributed by atoms with Crippen molar-refractivity contribution in [3.63, 3.8) is 0 Å². The summed E-state index contributed by atoms with van der Waals surface area (Å²) in [5, 5.41) is 3.34. The van der Waals surface area contributed by atoms with Gasteiger partial charge in [-0.25, -0.2) is 9.97 Å². The Kier molecular flexibility index (Phi) is 5.51. The Labute approximate surface area is 166 Å². The Morgan fingerprint density at radius 1 is 0.926 bits per heavy atom. The van der Waals surface area contributed by atoms with Crippen molar-refractivity contribution < 1.29 is 0 Å². The molecule has 1 aromatic carbocycles. The van der Waals surface area contributed by atoms with E-state index in [-0.39, 0.29) is 11.6 Å². The summed E-state index contributed by atoms with van der Waals surface area (Å²) in [5.41, 5.74) is 3.71. The zero-order chi connectivity index (χ0) is 19.6. The molecular formula is C22H28N4S. The number of hydrogen-bond donors (Lipinski definition) is 0. The number of nitrogens with zero attached hydrogens (tertiary/aromatic N) is 4. The van der Waals surface area contributed by atoms with E-state index < -0.39 is 0 Å². The van der Waals surface area contributed by atoms with E-state index in [1.54, 1.807) is 17.7 Å². The first-order valence-electron chi connectivity index (χ1n) is 9.71. The van der Waals surface area contributed by atoms with Crippen molar-refractivity contribution in [1.82, 2.24) is 9.97 Å². The van der Waals surface area contributed by atoms with Crippen molar-refractivity contribution in [3.05, 3.63) is 59.9 Å². The van der Waals surface area contributed by atoms with Crippen LogP contribution in [0.25, 0.3) is 0 Å². The van der Waals surface area contributed by atoms with E-state index in [2.05, 4.69) is 75.4 Å². The molecule has 0 spiro atoms. The van der Waals surface area contributed by atoms with Crippen LogP contribution in [0.5, 0.6) is 0 Å². The summed E-state index contributed by atoms with van der Waals surface area (Å²) >= 11 is 1.75. The highest BCUT2D eigenvalue weighted by molar-refractivity contribution is 7.14. The lowest BCUT2D eigenvalue weighted by atomic mass is 9.83. The van der Waals surface area contributed by atoms with Crippen LogP contribution in [0, 0.1) is 0 Å². The van der Waals surface area contributed by atoms with Gasteiger partial charge in [0.25, 0.3) is 0 Å². The quantitative estimate of drug-likeness (QED) is 0.482. The van der Waals surface area contributed by atoms with Crippen LogP contribution in [0.3, 0.4) is 0 Å². The number of hydrogen-bond acceptors (Lipinski definition) is 5. The summed E-state index contributed by atoms with van der Waals surface area (Å²) in [5.74, 6) is 0.995. The van der Waals surface area contributed by atoms with Crippen molar-refractivity contribution in [1.29, 1.82) is 0 Å². The molecule has 0 amide bonds. The molecule has 0 bridgehead atoms. The Bertz CT molecular complexity index is 887. The van der Waals surface area contributed by atoms with Crippen LogP contribution in [0.4, 0.5) is 22.2 Å². The summed E-state index contributed by atoms with van der Waals surface area (Å²) in [7, 11) is 0. The number of fused-ring (bicyclic) bond motifs is 5. The molecule has 2 aliphatic heterocycles. The van der Waals surface area contributed by atoms with Gasteiger partial charge in [-0.2, -0.15) is 0 Å². The largest absolute Gasteiger partial charge is 0.314 e. The zero-order valence-electron chi connectivity index (χ0n) is 17.0. The summed E-state index contributed by atoms with van der Waals surface area (Å²) in [6.07, 6.45) is 3.76. The summed E-state index contributed by atoms with van der Waals surface area (Å²) in [4.78, 5) is 13.6. The van der Waals surface area contributed by atoms with Crippen molar-refractivity contribution in [2.75, 3.05) is 9.80 Å². The van der Waals surface area contributed by atoms with E-state index >= 15 is 0 Å². The minimum Gasteiger partial charge on any atom is -0.314 e. The predicted octanol–water partition coefficient (Wildman–Crippen LogP) is 6.50. The molecular weight excluding hydrogens is 352 g/mol. The lowest BCUT2D eigenvalue weighted by molar-refractivity contribution is 0.451. The van der Waals surface area contributed by atoms with Crippen LogP contribution in [0.15, 0.2) is 54.3 Å². The highest BCUT2D eigenvalue weighted by Crippen LogP contribution is 2.58. The average Bonchev–Trinajstić information content (AvgIpc) is 3.41. The zero-order valence-corrected chi connectivity index (χ0v) is 17.8. The Balaban J connectivity index is 0.000000495. The minimum absolute atomic E-state index is 0.0126. The van der Waals surface area contributed by atoms with Crippen LogP contribution in [0.2, 0.25) is 0 Å². The van der Waals surface area contributed by atoms with Crippen molar-refractivity contribution in [2.24, 2.45) is 0 Å². The first-order valence-corrected chi connectivity index (χ1v) is 10.6. The molecule has 0 aliphatic carbocycles. The van der Waals surface area contributed by atoms with E-state index in [1.165, 1.54) is 16.3 Å². The van der Waals surface area contributed by atoms with Gasteiger partial charge in [-0.05, 0) is 29.1 Å². The fraction of sp³-hybridized carbons (Fsp3) is 0.364. The van der Waals surface area contributed by atoms with E-state index in [1.807, 2.05) is 33.9 Å². The molecule has 4 heterocycles. The maximum atomic E-state index is 4.60. The Morgan fingerprint density at radius 2 is 1.67 bits per heavy atom. The molecule has 3 aromatic rings. The standard InChI is InChI=1S/C18H16N4S.2C2H6/c1-18(2)12-6-3-4-7-13(12)21-14-10-19-11-20-16(14)22(17(18)21)15-8-5-9-23-15;2*1-2/h3-11,17H,1-2H3;2*1-2H3. The Hall–Kier alpha value is -2.40. The lowest BCUT2D eigenvalue weighted by Gasteiger charge is -2.35. The van der Waals surface area contributed by atoms with Crippen molar-refractivity contribution >= 4 is 33.5 Å². The SMILES string of the molecule is CC.CC.CC1(C)c2ccccc2N2c3cncnc3N(c3cccs3)C21. The van der Waals surface area contributed by atoms with E-state index in [4.69, 9.17) is 0 Å². The van der Waals surface area contributed by atoms with E-state index in [9.17, 15) is 0 Å². The third kappa shape index (κ3) is 2.81. The second-order valence-corrected chi connectivity index (χ2v) is 7.46. The van der Waals surface area contributed by atoms with Gasteiger partial charge in [-0.15, -0.1) is 11.3 Å². The van der Waals surface area contributed by atoms with Crippen LogP contribution in [0.1, 0.15) is 47.1 Å². The molecule has 0 saturated carbocycles. The van der Waals surface area contributed by atoms with Crippen LogP contribution in [-0.2, 0) is 5.41 Å². The number of thiophene rings is 1. The molecule has 0 radical (unpaired) electrons. The van der Waals surface area contributed by atoms with Gasteiger partial charge in [0.2, 0.25) is 0 Å². The molecule has 0 fully saturated rings. The number of rotatable bonds is 1. The molecule has 2 aliphatic rings. The molecule has 142 valence electrons. The summed E-state index contributed by atoms with van der Waals surface area (Å²) < 4.78 is 0. The molecule has 5 heteroatoms. The highest BCUT2D eigenvalue weighted by Gasteiger charge is 2.54. The molecule has 1 unspecified atom stereocenters. The van der Waals surface area contributed by atoms with Gasteiger partial charge in [0, 0.05) is 11.1 Å². The first-order chi connectivity index (χ1) is 13.2. The third-order valence-corrected chi connectivity index (χ3v) is 5.76. The number of anilines is 4. The average molecular weight is 381 g/mol. The van der Waals surface area contributed by atoms with Crippen molar-refractivity contribution in [3.8, 4) is 0 Å². The van der Waals surface area contributed by atoms with Gasteiger partial charge < -0.3 is 4.90 Å². The monoisotopic (exact) mass is 380 g/mol. The smallest absolute Gasteiger partial charge is 0.162 e. The van der Waals surface area contributed by atoms with Crippen LogP contribution in [-0.4, -0.2) is 16.1 Å². The molecule has 0 saturated heterocycles. The minimum atomic E-state index is -0.0126. The normalized spacial score (nSPS) is 17.8.